The van der Waals surface area contributed by atoms with Crippen molar-refractivity contribution in [2.24, 2.45) is 0 Å². The van der Waals surface area contributed by atoms with Crippen LogP contribution in [0.2, 0.25) is 0 Å². The van der Waals surface area contributed by atoms with E-state index in [-0.39, 0.29) is 5.91 Å². The summed E-state index contributed by atoms with van der Waals surface area (Å²) in [4.78, 5) is 15.5. The molecule has 0 radical (unpaired) electrons. The van der Waals surface area contributed by atoms with Crippen LogP contribution in [0.1, 0.15) is 0 Å². The molecule has 1 aliphatic rings. The zero-order valence-corrected chi connectivity index (χ0v) is 12.1. The molecule has 1 aromatic carbocycles. The number of aromatic nitrogens is 3. The second-order valence-electron chi connectivity index (χ2n) is 4.75. The first-order valence-corrected chi connectivity index (χ1v) is 7.70. The first-order valence-electron chi connectivity index (χ1n) is 6.55. The van der Waals surface area contributed by atoms with E-state index in [2.05, 4.69) is 14.8 Å². The molecule has 1 unspecified atom stereocenters. The topological polar surface area (TPSA) is 76.9 Å². The summed E-state index contributed by atoms with van der Waals surface area (Å²) in [7, 11) is -1.58. The van der Waals surface area contributed by atoms with Gasteiger partial charge in [0.2, 0.25) is 0 Å². The van der Waals surface area contributed by atoms with Crippen molar-refractivity contribution < 1.29 is 9.00 Å². The minimum Gasteiger partial charge on any atom is -0.269 e. The molecule has 1 atom stereocenters. The van der Waals surface area contributed by atoms with Gasteiger partial charge in [0.05, 0.1) is 11.7 Å². The summed E-state index contributed by atoms with van der Waals surface area (Å²) in [6.45, 7) is 0. The highest BCUT2D eigenvalue weighted by Gasteiger charge is 2.23. The maximum Gasteiger partial charge on any atom is 0.258 e. The van der Waals surface area contributed by atoms with E-state index >= 15 is 0 Å². The van der Waals surface area contributed by atoms with Gasteiger partial charge in [-0.1, -0.05) is 18.2 Å². The number of carbonyl (C=O) groups excluding carboxylic acids is 1. The summed E-state index contributed by atoms with van der Waals surface area (Å²) in [5.74, 6) is -0.375. The summed E-state index contributed by atoms with van der Waals surface area (Å²) >= 11 is 0. The molecule has 3 heterocycles. The van der Waals surface area contributed by atoms with Gasteiger partial charge >= 0.3 is 0 Å². The third-order valence-corrected chi connectivity index (χ3v) is 4.49. The molecule has 0 saturated heterocycles. The third-order valence-electron chi connectivity index (χ3n) is 3.43. The Balaban J connectivity index is 1.93. The Labute approximate surface area is 128 Å². The summed E-state index contributed by atoms with van der Waals surface area (Å²) < 4.78 is 15.8. The molecule has 108 valence electrons. The van der Waals surface area contributed by atoms with Crippen molar-refractivity contribution in [2.45, 2.75) is 0 Å². The molecular formula is C15H10N4O2S. The lowest BCUT2D eigenvalue weighted by Crippen LogP contribution is -2.17. The average molecular weight is 310 g/mol. The molecule has 7 heteroatoms. The fourth-order valence-corrected chi connectivity index (χ4v) is 3.34. The fourth-order valence-electron chi connectivity index (χ4n) is 2.48. The van der Waals surface area contributed by atoms with Gasteiger partial charge in [0, 0.05) is 29.4 Å². The van der Waals surface area contributed by atoms with Crippen molar-refractivity contribution >= 4 is 32.8 Å². The molecule has 0 aliphatic carbocycles. The molecule has 1 N–H and O–H groups in total. The predicted octanol–water partition coefficient (Wildman–Crippen LogP) is 1.69. The predicted molar refractivity (Wildman–Crippen MR) is 83.5 cm³/mol. The van der Waals surface area contributed by atoms with Crippen LogP contribution in [0.25, 0.3) is 27.1 Å². The average Bonchev–Trinajstić information content (AvgIpc) is 3.10. The number of rotatable bonds is 2. The van der Waals surface area contributed by atoms with Gasteiger partial charge in [-0.25, -0.2) is 8.89 Å². The summed E-state index contributed by atoms with van der Waals surface area (Å²) in [5.41, 5.74) is 2.75. The quantitative estimate of drug-likeness (QED) is 0.781. The number of nitrogens with zero attached hydrogens (tertiary/aromatic N) is 3. The van der Waals surface area contributed by atoms with Gasteiger partial charge in [0.15, 0.2) is 16.0 Å². The highest BCUT2D eigenvalue weighted by molar-refractivity contribution is 7.93. The van der Waals surface area contributed by atoms with E-state index in [1.807, 2.05) is 30.3 Å². The normalized spacial score (nSPS) is 17.5. The van der Waals surface area contributed by atoms with Crippen LogP contribution in [0.3, 0.4) is 0 Å². The second-order valence-corrected chi connectivity index (χ2v) is 5.91. The van der Waals surface area contributed by atoms with Gasteiger partial charge in [-0.3, -0.25) is 14.5 Å². The summed E-state index contributed by atoms with van der Waals surface area (Å²) in [6.07, 6.45) is 6.51. The van der Waals surface area contributed by atoms with E-state index < -0.39 is 11.0 Å². The standard InChI is InChI=1S/C15H10N4O2S/c20-14-7-15(22(21)18-14)19-13-5-1-4-11(12(13)9-17-19)10-3-2-6-16-8-10/h1-9H,(H,18,20). The molecule has 0 fully saturated rings. The van der Waals surface area contributed by atoms with Crippen molar-refractivity contribution in [3.8, 4) is 11.1 Å². The Morgan fingerprint density at radius 2 is 2.05 bits per heavy atom. The van der Waals surface area contributed by atoms with E-state index in [4.69, 9.17) is 0 Å². The van der Waals surface area contributed by atoms with Crippen LogP contribution in [0, 0.1) is 0 Å². The molecule has 3 aromatic rings. The minimum absolute atomic E-state index is 0.336. The molecule has 2 aromatic heterocycles. The van der Waals surface area contributed by atoms with E-state index in [9.17, 15) is 9.00 Å². The number of fused-ring (bicyclic) bond motifs is 1. The van der Waals surface area contributed by atoms with Crippen LogP contribution in [-0.2, 0) is 15.8 Å². The largest absolute Gasteiger partial charge is 0.269 e. The van der Waals surface area contributed by atoms with Gasteiger partial charge in [-0.2, -0.15) is 5.10 Å². The molecule has 1 aliphatic heterocycles. The second kappa shape index (κ2) is 4.88. The lowest BCUT2D eigenvalue weighted by molar-refractivity contribution is -0.114. The number of hydrogen-bond acceptors (Lipinski definition) is 4. The number of amides is 1. The molecule has 0 spiro atoms. The molecule has 0 bridgehead atoms. The van der Waals surface area contributed by atoms with E-state index in [0.29, 0.717) is 5.03 Å². The van der Waals surface area contributed by atoms with Crippen LogP contribution >= 0.6 is 0 Å². The molecule has 6 nitrogen and oxygen atoms in total. The smallest absolute Gasteiger partial charge is 0.258 e. The molecule has 4 rings (SSSR count). The maximum atomic E-state index is 11.9. The first-order chi connectivity index (χ1) is 10.7. The van der Waals surface area contributed by atoms with Crippen LogP contribution in [-0.4, -0.2) is 24.9 Å². The maximum absolute atomic E-state index is 11.9. The van der Waals surface area contributed by atoms with Gasteiger partial charge < -0.3 is 0 Å². The highest BCUT2D eigenvalue weighted by atomic mass is 32.2. The van der Waals surface area contributed by atoms with E-state index in [1.54, 1.807) is 18.6 Å². The van der Waals surface area contributed by atoms with Crippen molar-refractivity contribution in [3.05, 3.63) is 55.0 Å². The van der Waals surface area contributed by atoms with Crippen molar-refractivity contribution in [1.82, 2.24) is 19.5 Å². The number of hydrogen-bond donors (Lipinski definition) is 1. The first kappa shape index (κ1) is 12.9. The van der Waals surface area contributed by atoms with Crippen LogP contribution in [0.4, 0.5) is 0 Å². The zero-order valence-electron chi connectivity index (χ0n) is 11.3. The van der Waals surface area contributed by atoms with E-state index in [0.717, 1.165) is 22.0 Å². The van der Waals surface area contributed by atoms with Crippen LogP contribution in [0.15, 0.2) is 55.0 Å². The van der Waals surface area contributed by atoms with Gasteiger partial charge in [-0.15, -0.1) is 0 Å². The molecule has 0 saturated carbocycles. The summed E-state index contributed by atoms with van der Waals surface area (Å²) in [5, 5.41) is 5.54. The van der Waals surface area contributed by atoms with Crippen LogP contribution in [0.5, 0.6) is 0 Å². The molecule has 22 heavy (non-hydrogen) atoms. The van der Waals surface area contributed by atoms with Gasteiger partial charge in [0.25, 0.3) is 5.91 Å². The Hall–Kier alpha value is -2.80. The Bertz CT molecular complexity index is 947. The Kier molecular flexibility index (Phi) is 2.87. The number of nitrogens with one attached hydrogen (secondary N) is 1. The number of benzene rings is 1. The molecular weight excluding hydrogens is 300 g/mol. The Morgan fingerprint density at radius 3 is 2.77 bits per heavy atom. The van der Waals surface area contributed by atoms with Crippen molar-refractivity contribution in [3.63, 3.8) is 0 Å². The third kappa shape index (κ3) is 1.94. The number of pyridine rings is 1. The van der Waals surface area contributed by atoms with Gasteiger partial charge in [-0.05, 0) is 17.7 Å². The molecule has 1 amide bonds. The zero-order chi connectivity index (χ0) is 15.1. The van der Waals surface area contributed by atoms with Gasteiger partial charge in [0.1, 0.15) is 0 Å². The summed E-state index contributed by atoms with van der Waals surface area (Å²) in [6, 6.07) is 9.60. The van der Waals surface area contributed by atoms with Crippen LogP contribution < -0.4 is 4.72 Å². The monoisotopic (exact) mass is 310 g/mol. The van der Waals surface area contributed by atoms with Crippen molar-refractivity contribution in [1.29, 1.82) is 0 Å². The number of carbonyl (C=O) groups is 1. The lowest BCUT2D eigenvalue weighted by Gasteiger charge is -2.05. The highest BCUT2D eigenvalue weighted by Crippen LogP contribution is 2.29. The van der Waals surface area contributed by atoms with E-state index in [1.165, 1.54) is 10.8 Å². The lowest BCUT2D eigenvalue weighted by atomic mass is 10.0. The minimum atomic E-state index is -1.58. The fraction of sp³-hybridized carbons (Fsp3) is 0. The van der Waals surface area contributed by atoms with Crippen molar-refractivity contribution in [2.75, 3.05) is 0 Å². The Morgan fingerprint density at radius 1 is 1.14 bits per heavy atom. The SMILES string of the molecule is O=C1C=C(n2ncc3c(-c4cccnc4)cccc32)S(=O)N1.